The number of hydrogen-bond acceptors (Lipinski definition) is 5. The molecule has 0 bridgehead atoms. The predicted octanol–water partition coefficient (Wildman–Crippen LogP) is 0.534. The third-order valence-electron chi connectivity index (χ3n) is 1.61. The van der Waals surface area contributed by atoms with Crippen LogP contribution in [0.4, 0.5) is 0 Å². The molecule has 76 valence electrons. The van der Waals surface area contributed by atoms with Crippen LogP contribution >= 0.6 is 0 Å². The van der Waals surface area contributed by atoms with E-state index in [1.807, 2.05) is 13.8 Å². The van der Waals surface area contributed by atoms with Crippen molar-refractivity contribution < 1.29 is 9.63 Å². The number of carbonyl (C=O) groups is 1. The van der Waals surface area contributed by atoms with Gasteiger partial charge in [0, 0.05) is 0 Å². The van der Waals surface area contributed by atoms with E-state index in [2.05, 4.69) is 15.2 Å². The van der Waals surface area contributed by atoms with Gasteiger partial charge in [-0.25, -0.2) is 4.79 Å². The van der Waals surface area contributed by atoms with Crippen molar-refractivity contribution in [2.24, 2.45) is 28.0 Å². The maximum absolute atomic E-state index is 11.0. The van der Waals surface area contributed by atoms with Crippen molar-refractivity contribution in [1.29, 1.82) is 0 Å². The fraction of sp³-hybridized carbons (Fsp3) is 0.857. The molecule has 4 N–H and O–H groups in total. The zero-order chi connectivity index (χ0) is 10.3. The van der Waals surface area contributed by atoms with Crippen LogP contribution in [0.2, 0.25) is 0 Å². The molecule has 0 radical (unpaired) electrons. The van der Waals surface area contributed by atoms with Crippen LogP contribution in [0.15, 0.2) is 10.3 Å². The summed E-state index contributed by atoms with van der Waals surface area (Å²) in [6.45, 7) is 4.09. The van der Waals surface area contributed by atoms with E-state index in [9.17, 15) is 4.79 Å². The van der Waals surface area contributed by atoms with Gasteiger partial charge in [0.2, 0.25) is 0 Å². The van der Waals surface area contributed by atoms with Gasteiger partial charge in [-0.1, -0.05) is 19.1 Å². The molecule has 0 aromatic carbocycles. The van der Waals surface area contributed by atoms with Crippen LogP contribution in [0.25, 0.3) is 0 Å². The molecular weight excluding hydrogens is 172 g/mol. The number of nitrogens with zero attached hydrogens (tertiary/aromatic N) is 2. The maximum atomic E-state index is 11.0. The zero-order valence-corrected chi connectivity index (χ0v) is 7.93. The molecule has 0 saturated heterocycles. The van der Waals surface area contributed by atoms with Gasteiger partial charge < -0.3 is 10.7 Å². The summed E-state index contributed by atoms with van der Waals surface area (Å²) < 4.78 is 0. The highest BCUT2D eigenvalue weighted by Gasteiger charge is 2.19. The van der Waals surface area contributed by atoms with Crippen molar-refractivity contribution in [3.8, 4) is 0 Å². The lowest BCUT2D eigenvalue weighted by Crippen LogP contribution is -2.24. The number of rotatable bonds is 5. The SMILES string of the molecule is CC(C)CC[C@H](N=NN)C(=O)ON. The Morgan fingerprint density at radius 3 is 2.46 bits per heavy atom. The van der Waals surface area contributed by atoms with Gasteiger partial charge >= 0.3 is 5.97 Å². The third kappa shape index (κ3) is 5.13. The van der Waals surface area contributed by atoms with Gasteiger partial charge in [0.05, 0.1) is 0 Å². The Morgan fingerprint density at radius 2 is 2.08 bits per heavy atom. The van der Waals surface area contributed by atoms with E-state index in [0.29, 0.717) is 12.3 Å². The second-order valence-electron chi connectivity index (χ2n) is 3.15. The monoisotopic (exact) mass is 188 g/mol. The van der Waals surface area contributed by atoms with Gasteiger partial charge in [0.1, 0.15) is 0 Å². The molecule has 1 atom stereocenters. The minimum Gasteiger partial charge on any atom is -0.372 e. The number of hydrogen-bond donors (Lipinski definition) is 2. The van der Waals surface area contributed by atoms with E-state index in [-0.39, 0.29) is 0 Å². The maximum Gasteiger partial charge on any atom is 0.351 e. The molecule has 0 heterocycles. The molecule has 0 aliphatic heterocycles. The Balaban J connectivity index is 4.02. The van der Waals surface area contributed by atoms with E-state index in [0.717, 1.165) is 6.42 Å². The normalized spacial score (nSPS) is 13.5. The first-order valence-corrected chi connectivity index (χ1v) is 4.12. The lowest BCUT2D eigenvalue weighted by Gasteiger charge is -2.08. The minimum absolute atomic E-state index is 0.487. The van der Waals surface area contributed by atoms with E-state index in [1.54, 1.807) is 0 Å². The lowest BCUT2D eigenvalue weighted by atomic mass is 10.0. The van der Waals surface area contributed by atoms with Crippen LogP contribution in [0.5, 0.6) is 0 Å². The first kappa shape index (κ1) is 11.8. The van der Waals surface area contributed by atoms with Crippen molar-refractivity contribution in [3.05, 3.63) is 0 Å². The van der Waals surface area contributed by atoms with Crippen LogP contribution in [-0.4, -0.2) is 12.0 Å². The van der Waals surface area contributed by atoms with Gasteiger partial charge in [-0.2, -0.15) is 11.0 Å². The van der Waals surface area contributed by atoms with Gasteiger partial charge in [-0.3, -0.25) is 0 Å². The number of nitrogens with two attached hydrogens (primary N) is 2. The summed E-state index contributed by atoms with van der Waals surface area (Å²) in [5, 5.41) is 6.57. The van der Waals surface area contributed by atoms with Gasteiger partial charge in [0.15, 0.2) is 6.04 Å². The fourth-order valence-electron chi connectivity index (χ4n) is 0.873. The topological polar surface area (TPSA) is 103 Å². The minimum atomic E-state index is -0.669. The standard InChI is InChI=1S/C7H16N4O2/c1-5(2)3-4-6(10-11-8)7(12)13-9/h5-6H,3-4,9H2,1-2H3,(H2,8,10)/t6-/m0/s1. The molecule has 0 spiro atoms. The van der Waals surface area contributed by atoms with Gasteiger partial charge in [0.25, 0.3) is 0 Å². The zero-order valence-electron chi connectivity index (χ0n) is 7.93. The van der Waals surface area contributed by atoms with Crippen LogP contribution < -0.4 is 11.7 Å². The van der Waals surface area contributed by atoms with E-state index in [4.69, 9.17) is 11.7 Å². The summed E-state index contributed by atoms with van der Waals surface area (Å²) in [4.78, 5) is 15.0. The van der Waals surface area contributed by atoms with Crippen molar-refractivity contribution >= 4 is 5.97 Å². The molecule has 13 heavy (non-hydrogen) atoms. The molecule has 0 aliphatic carbocycles. The van der Waals surface area contributed by atoms with Crippen LogP contribution in [0, 0.1) is 5.92 Å². The van der Waals surface area contributed by atoms with Gasteiger partial charge in [-0.05, 0) is 18.8 Å². The average Bonchev–Trinajstić information content (AvgIpc) is 2.10. The van der Waals surface area contributed by atoms with Crippen LogP contribution in [0.3, 0.4) is 0 Å². The Morgan fingerprint density at radius 1 is 1.46 bits per heavy atom. The first-order chi connectivity index (χ1) is 6.11. The average molecular weight is 188 g/mol. The van der Waals surface area contributed by atoms with Crippen molar-refractivity contribution in [2.45, 2.75) is 32.7 Å². The van der Waals surface area contributed by atoms with Crippen molar-refractivity contribution in [2.75, 3.05) is 0 Å². The predicted molar refractivity (Wildman–Crippen MR) is 47.2 cm³/mol. The molecule has 6 heteroatoms. The third-order valence-corrected chi connectivity index (χ3v) is 1.61. The summed E-state index contributed by atoms with van der Waals surface area (Å²) >= 11 is 0. The lowest BCUT2D eigenvalue weighted by molar-refractivity contribution is -0.146. The van der Waals surface area contributed by atoms with Crippen LogP contribution in [0.1, 0.15) is 26.7 Å². The molecule has 0 aliphatic rings. The van der Waals surface area contributed by atoms with Crippen molar-refractivity contribution in [1.82, 2.24) is 0 Å². The molecule has 0 saturated carbocycles. The summed E-state index contributed by atoms with van der Waals surface area (Å²) in [5.74, 6) is 9.44. The quantitative estimate of drug-likeness (QED) is 0.373. The van der Waals surface area contributed by atoms with E-state index < -0.39 is 12.0 Å². The molecule has 0 aromatic rings. The highest BCUT2D eigenvalue weighted by Crippen LogP contribution is 2.10. The van der Waals surface area contributed by atoms with Crippen molar-refractivity contribution in [3.63, 3.8) is 0 Å². The first-order valence-electron chi connectivity index (χ1n) is 4.12. The fourth-order valence-corrected chi connectivity index (χ4v) is 0.873. The Labute approximate surface area is 77.3 Å². The Bertz CT molecular complexity index is 181. The highest BCUT2D eigenvalue weighted by atomic mass is 16.7. The summed E-state index contributed by atoms with van der Waals surface area (Å²) in [6.07, 6.45) is 1.40. The van der Waals surface area contributed by atoms with Gasteiger partial charge in [-0.15, -0.1) is 0 Å². The van der Waals surface area contributed by atoms with E-state index in [1.165, 1.54) is 0 Å². The highest BCUT2D eigenvalue weighted by molar-refractivity contribution is 5.75. The second kappa shape index (κ2) is 6.36. The molecule has 0 aromatic heterocycles. The van der Waals surface area contributed by atoms with E-state index >= 15 is 0 Å². The molecule has 0 fully saturated rings. The summed E-state index contributed by atoms with van der Waals surface area (Å²) in [6, 6.07) is -0.669. The molecule has 0 amide bonds. The Hall–Kier alpha value is -1.17. The molecular formula is C7H16N4O2. The largest absolute Gasteiger partial charge is 0.372 e. The number of carbonyl (C=O) groups excluding carboxylic acids is 1. The molecule has 6 nitrogen and oxygen atoms in total. The summed E-state index contributed by atoms with van der Waals surface area (Å²) in [5.41, 5.74) is 0. The summed E-state index contributed by atoms with van der Waals surface area (Å²) in [7, 11) is 0. The molecule has 0 unspecified atom stereocenters. The molecule has 0 rings (SSSR count). The Kier molecular flexibility index (Phi) is 5.79. The smallest absolute Gasteiger partial charge is 0.351 e. The van der Waals surface area contributed by atoms with Crippen LogP contribution in [-0.2, 0) is 9.63 Å². The second-order valence-corrected chi connectivity index (χ2v) is 3.15.